The van der Waals surface area contributed by atoms with E-state index in [1.54, 1.807) is 23.7 Å². The van der Waals surface area contributed by atoms with E-state index in [9.17, 15) is 19.1 Å². The summed E-state index contributed by atoms with van der Waals surface area (Å²) in [6, 6.07) is 4.36. The van der Waals surface area contributed by atoms with Crippen molar-refractivity contribution in [2.45, 2.75) is 44.7 Å². The van der Waals surface area contributed by atoms with Crippen LogP contribution in [0.15, 0.2) is 18.2 Å². The van der Waals surface area contributed by atoms with Crippen LogP contribution in [0.1, 0.15) is 48.0 Å². The van der Waals surface area contributed by atoms with Crippen LogP contribution in [0.3, 0.4) is 0 Å². The van der Waals surface area contributed by atoms with Crippen molar-refractivity contribution in [3.05, 3.63) is 50.7 Å². The van der Waals surface area contributed by atoms with E-state index in [-0.39, 0.29) is 16.8 Å². The summed E-state index contributed by atoms with van der Waals surface area (Å²) in [6.07, 6.45) is 0. The normalized spacial score (nSPS) is 16.4. The lowest BCUT2D eigenvalue weighted by Crippen LogP contribution is -2.27. The number of aromatic nitrogens is 2. The van der Waals surface area contributed by atoms with Crippen LogP contribution in [0.25, 0.3) is 0 Å². The molecule has 1 amide bonds. The van der Waals surface area contributed by atoms with Crippen molar-refractivity contribution >= 4 is 28.2 Å². The molecule has 2 aromatic rings. The second-order valence-corrected chi connectivity index (χ2v) is 8.75. The molecule has 9 heteroatoms. The molecule has 138 valence electrons. The molecule has 3 rings (SSSR count). The average molecular weight is 376 g/mol. The minimum atomic E-state index is -1.02. The fourth-order valence-corrected chi connectivity index (χ4v) is 4.13. The van der Waals surface area contributed by atoms with Crippen molar-refractivity contribution in [2.75, 3.05) is 5.32 Å². The molecule has 2 heterocycles. The van der Waals surface area contributed by atoms with E-state index in [1.807, 2.05) is 20.8 Å². The zero-order chi connectivity index (χ0) is 19.2. The maximum atomic E-state index is 12.7. The topological polar surface area (TPSA) is 107 Å². The van der Waals surface area contributed by atoms with Crippen LogP contribution in [0.4, 0.5) is 11.5 Å². The van der Waals surface area contributed by atoms with E-state index in [2.05, 4.69) is 10.4 Å². The summed E-state index contributed by atoms with van der Waals surface area (Å²) in [5.41, 5.74) is 1.69. The number of nitrogens with zero attached hydrogens (tertiary/aromatic N) is 3. The van der Waals surface area contributed by atoms with Crippen LogP contribution in [0.5, 0.6) is 0 Å². The van der Waals surface area contributed by atoms with Crippen LogP contribution < -0.4 is 5.32 Å². The molecular weight excluding hydrogens is 356 g/mol. The molecule has 1 N–H and O–H groups in total. The highest BCUT2D eigenvalue weighted by molar-refractivity contribution is 7.83. The number of hydrogen-bond donors (Lipinski definition) is 1. The Kier molecular flexibility index (Phi) is 4.43. The molecule has 0 bridgehead atoms. The Morgan fingerprint density at radius 2 is 2.04 bits per heavy atom. The number of benzene rings is 1. The van der Waals surface area contributed by atoms with Crippen LogP contribution >= 0.6 is 0 Å². The number of nitro groups is 1. The number of anilines is 1. The molecule has 1 atom stereocenters. The Labute approximate surface area is 153 Å². The Bertz CT molecular complexity index is 943. The minimum Gasteiger partial charge on any atom is -0.306 e. The summed E-state index contributed by atoms with van der Waals surface area (Å²) in [5, 5.41) is 18.5. The van der Waals surface area contributed by atoms with Gasteiger partial charge in [0.25, 0.3) is 11.6 Å². The van der Waals surface area contributed by atoms with Crippen molar-refractivity contribution in [3.8, 4) is 0 Å². The minimum absolute atomic E-state index is 0.103. The number of nitrogens with one attached hydrogen (secondary N) is 1. The molecule has 0 spiro atoms. The summed E-state index contributed by atoms with van der Waals surface area (Å²) >= 11 is 0. The largest absolute Gasteiger partial charge is 0.306 e. The molecule has 1 aromatic carbocycles. The fourth-order valence-electron chi connectivity index (χ4n) is 2.87. The number of amides is 1. The van der Waals surface area contributed by atoms with E-state index in [1.165, 1.54) is 6.07 Å². The smallest absolute Gasteiger partial charge is 0.273 e. The van der Waals surface area contributed by atoms with Gasteiger partial charge in [-0.3, -0.25) is 19.1 Å². The first-order valence-electron chi connectivity index (χ1n) is 8.10. The maximum Gasteiger partial charge on any atom is 0.273 e. The number of carbonyl (C=O) groups excluding carboxylic acids is 1. The third kappa shape index (κ3) is 3.26. The number of hydrogen-bond acceptors (Lipinski definition) is 5. The Hall–Kier alpha value is -2.55. The Balaban J connectivity index is 1.99. The molecule has 1 unspecified atom stereocenters. The van der Waals surface area contributed by atoms with E-state index in [4.69, 9.17) is 0 Å². The quantitative estimate of drug-likeness (QED) is 0.655. The highest BCUT2D eigenvalue weighted by Crippen LogP contribution is 2.33. The second-order valence-electron chi connectivity index (χ2n) is 7.30. The lowest BCUT2D eigenvalue weighted by atomic mass is 10.1. The zero-order valence-electron chi connectivity index (χ0n) is 15.0. The standard InChI is InChI=1S/C17H20N4O4S/c1-10-5-6-11(7-14(10)21(23)24)16(22)18-15-12-8-26(25)9-13(12)19-20(15)17(2,3)4/h5-7H,8-9H2,1-4H3,(H,18,22). The second kappa shape index (κ2) is 6.31. The van der Waals surface area contributed by atoms with Gasteiger partial charge in [0.1, 0.15) is 5.82 Å². The Morgan fingerprint density at radius 1 is 1.35 bits per heavy atom. The lowest BCUT2D eigenvalue weighted by molar-refractivity contribution is -0.385. The molecule has 1 aliphatic heterocycles. The third-order valence-electron chi connectivity index (χ3n) is 4.21. The third-order valence-corrected chi connectivity index (χ3v) is 5.41. The first-order valence-corrected chi connectivity index (χ1v) is 9.59. The molecule has 0 aliphatic carbocycles. The van der Waals surface area contributed by atoms with Crippen LogP contribution in [-0.2, 0) is 27.8 Å². The summed E-state index contributed by atoms with van der Waals surface area (Å²) in [6.45, 7) is 7.49. The number of rotatable bonds is 3. The number of nitro benzene ring substituents is 1. The first kappa shape index (κ1) is 18.2. The van der Waals surface area contributed by atoms with Gasteiger partial charge in [-0.05, 0) is 33.8 Å². The zero-order valence-corrected chi connectivity index (χ0v) is 15.8. The predicted molar refractivity (Wildman–Crippen MR) is 98.6 cm³/mol. The maximum absolute atomic E-state index is 12.7. The van der Waals surface area contributed by atoms with E-state index < -0.39 is 21.6 Å². The summed E-state index contributed by atoms with van der Waals surface area (Å²) in [7, 11) is -1.02. The Morgan fingerprint density at radius 3 is 2.65 bits per heavy atom. The van der Waals surface area contributed by atoms with Gasteiger partial charge in [-0.1, -0.05) is 6.07 Å². The van der Waals surface area contributed by atoms with E-state index in [0.717, 1.165) is 11.3 Å². The van der Waals surface area contributed by atoms with Crippen LogP contribution in [0.2, 0.25) is 0 Å². The molecule has 8 nitrogen and oxygen atoms in total. The lowest BCUT2D eigenvalue weighted by Gasteiger charge is -2.23. The highest BCUT2D eigenvalue weighted by Gasteiger charge is 2.31. The monoisotopic (exact) mass is 376 g/mol. The van der Waals surface area contributed by atoms with E-state index >= 15 is 0 Å². The average Bonchev–Trinajstić information content (AvgIpc) is 3.04. The molecular formula is C17H20N4O4S. The van der Waals surface area contributed by atoms with Crippen LogP contribution in [-0.4, -0.2) is 24.8 Å². The molecule has 0 fully saturated rings. The van der Waals surface area contributed by atoms with Crippen molar-refractivity contribution < 1.29 is 13.9 Å². The predicted octanol–water partition coefficient (Wildman–Crippen LogP) is 2.87. The van der Waals surface area contributed by atoms with Crippen molar-refractivity contribution in [1.82, 2.24) is 9.78 Å². The van der Waals surface area contributed by atoms with Gasteiger partial charge >= 0.3 is 0 Å². The summed E-state index contributed by atoms with van der Waals surface area (Å²) < 4.78 is 13.6. The number of fused-ring (bicyclic) bond motifs is 1. The SMILES string of the molecule is Cc1ccc(C(=O)Nc2c3c(nn2C(C)(C)C)CS(=O)C3)cc1[N+](=O)[O-]. The summed E-state index contributed by atoms with van der Waals surface area (Å²) in [4.78, 5) is 23.3. The van der Waals surface area contributed by atoms with Gasteiger partial charge in [0, 0.05) is 33.6 Å². The van der Waals surface area contributed by atoms with E-state index in [0.29, 0.717) is 22.9 Å². The molecule has 0 saturated heterocycles. The molecule has 0 radical (unpaired) electrons. The molecule has 1 aliphatic rings. The summed E-state index contributed by atoms with van der Waals surface area (Å²) in [5.74, 6) is 0.761. The van der Waals surface area contributed by atoms with Gasteiger partial charge < -0.3 is 5.32 Å². The van der Waals surface area contributed by atoms with Crippen molar-refractivity contribution in [2.24, 2.45) is 0 Å². The molecule has 0 saturated carbocycles. The fraction of sp³-hybridized carbons (Fsp3) is 0.412. The molecule has 26 heavy (non-hydrogen) atoms. The highest BCUT2D eigenvalue weighted by atomic mass is 32.2. The first-order chi connectivity index (χ1) is 12.1. The van der Waals surface area contributed by atoms with Gasteiger partial charge in [-0.2, -0.15) is 5.10 Å². The van der Waals surface area contributed by atoms with Gasteiger partial charge in [-0.25, -0.2) is 4.68 Å². The van der Waals surface area contributed by atoms with Crippen LogP contribution in [0, 0.1) is 17.0 Å². The van der Waals surface area contributed by atoms with Gasteiger partial charge in [0.15, 0.2) is 0 Å². The van der Waals surface area contributed by atoms with Crippen molar-refractivity contribution in [1.29, 1.82) is 0 Å². The van der Waals surface area contributed by atoms with Gasteiger partial charge in [0.2, 0.25) is 0 Å². The number of carbonyl (C=O) groups is 1. The van der Waals surface area contributed by atoms with Gasteiger partial charge in [-0.15, -0.1) is 0 Å². The number of aryl methyl sites for hydroxylation is 1. The van der Waals surface area contributed by atoms with Crippen molar-refractivity contribution in [3.63, 3.8) is 0 Å². The van der Waals surface area contributed by atoms with Gasteiger partial charge in [0.05, 0.1) is 27.7 Å². The molecule has 1 aromatic heterocycles.